The number of rotatable bonds is 5. The average Bonchev–Trinajstić information content (AvgIpc) is 2.62. The van der Waals surface area contributed by atoms with Crippen LogP contribution in [0.5, 0.6) is 11.5 Å². The van der Waals surface area contributed by atoms with Gasteiger partial charge in [-0.25, -0.2) is 4.39 Å². The summed E-state index contributed by atoms with van der Waals surface area (Å²) in [6.45, 7) is 0. The van der Waals surface area contributed by atoms with E-state index in [0.717, 1.165) is 0 Å². The maximum Gasteiger partial charge on any atom is 0.266 e. The van der Waals surface area contributed by atoms with Gasteiger partial charge < -0.3 is 14.8 Å². The summed E-state index contributed by atoms with van der Waals surface area (Å²) in [5, 5.41) is 11.9. The van der Waals surface area contributed by atoms with E-state index in [9.17, 15) is 14.4 Å². The zero-order valence-electron chi connectivity index (χ0n) is 13.5. The van der Waals surface area contributed by atoms with Gasteiger partial charge in [0.2, 0.25) is 0 Å². The first-order valence-corrected chi connectivity index (χ1v) is 7.47. The van der Waals surface area contributed by atoms with E-state index in [1.165, 1.54) is 50.6 Å². The van der Waals surface area contributed by atoms with Gasteiger partial charge in [0.15, 0.2) is 11.5 Å². The zero-order valence-corrected chi connectivity index (χ0v) is 14.2. The van der Waals surface area contributed by atoms with E-state index in [4.69, 9.17) is 21.1 Å². The Kier molecular flexibility index (Phi) is 5.98. The molecule has 0 saturated heterocycles. The highest BCUT2D eigenvalue weighted by atomic mass is 35.5. The quantitative estimate of drug-likeness (QED) is 0.645. The van der Waals surface area contributed by atoms with Crippen LogP contribution in [0.1, 0.15) is 5.56 Å². The molecule has 0 aromatic heterocycles. The van der Waals surface area contributed by atoms with E-state index in [1.54, 1.807) is 12.1 Å². The molecule has 25 heavy (non-hydrogen) atoms. The average molecular weight is 361 g/mol. The number of para-hydroxylation sites is 1. The van der Waals surface area contributed by atoms with Crippen LogP contribution in [0.3, 0.4) is 0 Å². The number of carbonyl (C=O) groups is 1. The Morgan fingerprint density at radius 1 is 1.24 bits per heavy atom. The van der Waals surface area contributed by atoms with Crippen molar-refractivity contribution >= 4 is 29.3 Å². The molecule has 0 unspecified atom stereocenters. The van der Waals surface area contributed by atoms with E-state index in [-0.39, 0.29) is 16.3 Å². The van der Waals surface area contributed by atoms with E-state index >= 15 is 0 Å². The SMILES string of the molecule is COc1cc(Cl)c(/C=C(\C#N)C(=O)Nc2ccccc2F)cc1OC. The Labute approximate surface area is 149 Å². The molecule has 5 nitrogen and oxygen atoms in total. The number of halogens is 2. The van der Waals surface area contributed by atoms with Crippen molar-refractivity contribution in [3.8, 4) is 17.6 Å². The number of nitrogens with one attached hydrogen (secondary N) is 1. The lowest BCUT2D eigenvalue weighted by atomic mass is 10.1. The van der Waals surface area contributed by atoms with Crippen molar-refractivity contribution in [1.82, 2.24) is 0 Å². The molecule has 0 bridgehead atoms. The Morgan fingerprint density at radius 3 is 2.48 bits per heavy atom. The van der Waals surface area contributed by atoms with Gasteiger partial charge in [0, 0.05) is 6.07 Å². The first kappa shape index (κ1) is 18.3. The van der Waals surface area contributed by atoms with Gasteiger partial charge in [0.25, 0.3) is 5.91 Å². The number of hydrogen-bond acceptors (Lipinski definition) is 4. The molecule has 7 heteroatoms. The standard InChI is InChI=1S/C18H14ClFN2O3/c1-24-16-8-11(13(19)9-17(16)25-2)7-12(10-21)18(23)22-15-6-4-3-5-14(15)20/h3-9H,1-2H3,(H,22,23)/b12-7+. The highest BCUT2D eigenvalue weighted by molar-refractivity contribution is 6.32. The normalized spacial score (nSPS) is 10.8. The fourth-order valence-electron chi connectivity index (χ4n) is 2.04. The maximum atomic E-state index is 13.6. The molecule has 0 heterocycles. The molecule has 2 aromatic carbocycles. The lowest BCUT2D eigenvalue weighted by molar-refractivity contribution is -0.112. The van der Waals surface area contributed by atoms with Gasteiger partial charge in [-0.2, -0.15) is 5.26 Å². The number of anilines is 1. The highest BCUT2D eigenvalue weighted by Gasteiger charge is 2.14. The summed E-state index contributed by atoms with van der Waals surface area (Å²) in [5.74, 6) is -0.542. The zero-order chi connectivity index (χ0) is 18.4. The second-order valence-corrected chi connectivity index (χ2v) is 5.24. The fourth-order valence-corrected chi connectivity index (χ4v) is 2.25. The van der Waals surface area contributed by atoms with Crippen molar-refractivity contribution in [3.63, 3.8) is 0 Å². The number of methoxy groups -OCH3 is 2. The molecule has 0 aliphatic heterocycles. The van der Waals surface area contributed by atoms with E-state index in [2.05, 4.69) is 5.32 Å². The Balaban J connectivity index is 2.36. The molecule has 0 saturated carbocycles. The first-order chi connectivity index (χ1) is 12.0. The molecule has 0 atom stereocenters. The van der Waals surface area contributed by atoms with Crippen molar-refractivity contribution in [1.29, 1.82) is 5.26 Å². The molecule has 0 spiro atoms. The number of benzene rings is 2. The molecular weight excluding hydrogens is 347 g/mol. The van der Waals surface area contributed by atoms with Crippen molar-refractivity contribution in [2.24, 2.45) is 0 Å². The highest BCUT2D eigenvalue weighted by Crippen LogP contribution is 2.34. The predicted molar refractivity (Wildman–Crippen MR) is 93.2 cm³/mol. The maximum absolute atomic E-state index is 13.6. The van der Waals surface area contributed by atoms with E-state index in [1.807, 2.05) is 0 Å². The van der Waals surface area contributed by atoms with Gasteiger partial charge in [-0.05, 0) is 29.8 Å². The fraction of sp³-hybridized carbons (Fsp3) is 0.111. The van der Waals surface area contributed by atoms with Crippen LogP contribution in [0.4, 0.5) is 10.1 Å². The van der Waals surface area contributed by atoms with Crippen LogP contribution in [0, 0.1) is 17.1 Å². The number of hydrogen-bond donors (Lipinski definition) is 1. The topological polar surface area (TPSA) is 71.3 Å². The van der Waals surface area contributed by atoms with Crippen LogP contribution in [-0.4, -0.2) is 20.1 Å². The lowest BCUT2D eigenvalue weighted by Gasteiger charge is -2.10. The minimum absolute atomic E-state index is 0.0212. The largest absolute Gasteiger partial charge is 0.493 e. The van der Waals surface area contributed by atoms with Gasteiger partial charge >= 0.3 is 0 Å². The van der Waals surface area contributed by atoms with E-state index < -0.39 is 11.7 Å². The Bertz CT molecular complexity index is 875. The monoisotopic (exact) mass is 360 g/mol. The second kappa shape index (κ2) is 8.18. The number of amides is 1. The molecule has 0 aliphatic carbocycles. The number of carbonyl (C=O) groups excluding carboxylic acids is 1. The third-order valence-electron chi connectivity index (χ3n) is 3.29. The minimum atomic E-state index is -0.751. The summed E-state index contributed by atoms with van der Waals surface area (Å²) in [6, 6.07) is 10.5. The van der Waals surface area contributed by atoms with E-state index in [0.29, 0.717) is 17.1 Å². The first-order valence-electron chi connectivity index (χ1n) is 7.09. The third kappa shape index (κ3) is 4.28. The van der Waals surface area contributed by atoms with Gasteiger partial charge in [0.05, 0.1) is 24.9 Å². The molecular formula is C18H14ClFN2O3. The summed E-state index contributed by atoms with van der Waals surface area (Å²) in [5.41, 5.74) is 0.129. The van der Waals surface area contributed by atoms with Crippen molar-refractivity contribution < 1.29 is 18.7 Å². The molecule has 2 rings (SSSR count). The minimum Gasteiger partial charge on any atom is -0.493 e. The summed E-state index contributed by atoms with van der Waals surface area (Å²) in [4.78, 5) is 12.2. The summed E-state index contributed by atoms with van der Waals surface area (Å²) in [7, 11) is 2.92. The van der Waals surface area contributed by atoms with Gasteiger partial charge in [-0.3, -0.25) is 4.79 Å². The van der Waals surface area contributed by atoms with Crippen LogP contribution in [0.15, 0.2) is 42.0 Å². The lowest BCUT2D eigenvalue weighted by Crippen LogP contribution is -2.14. The molecule has 1 amide bonds. The summed E-state index contributed by atoms with van der Waals surface area (Å²) in [6.07, 6.45) is 1.29. The van der Waals surface area contributed by atoms with Crippen molar-refractivity contribution in [3.05, 3.63) is 58.4 Å². The molecule has 0 radical (unpaired) electrons. The third-order valence-corrected chi connectivity index (χ3v) is 3.62. The van der Waals surface area contributed by atoms with Gasteiger partial charge in [-0.1, -0.05) is 23.7 Å². The number of nitrogens with zero attached hydrogens (tertiary/aromatic N) is 1. The number of ether oxygens (including phenoxy) is 2. The molecule has 128 valence electrons. The summed E-state index contributed by atoms with van der Waals surface area (Å²) < 4.78 is 23.9. The van der Waals surface area contributed by atoms with Crippen molar-refractivity contribution in [2.75, 3.05) is 19.5 Å². The van der Waals surface area contributed by atoms with Crippen LogP contribution >= 0.6 is 11.6 Å². The van der Waals surface area contributed by atoms with Crippen LogP contribution in [0.25, 0.3) is 6.08 Å². The molecule has 1 N–H and O–H groups in total. The summed E-state index contributed by atoms with van der Waals surface area (Å²) >= 11 is 6.15. The molecule has 2 aromatic rings. The smallest absolute Gasteiger partial charge is 0.266 e. The number of nitriles is 1. The Morgan fingerprint density at radius 2 is 1.88 bits per heavy atom. The van der Waals surface area contributed by atoms with Gasteiger partial charge in [-0.15, -0.1) is 0 Å². The van der Waals surface area contributed by atoms with Crippen LogP contribution in [0.2, 0.25) is 5.02 Å². The van der Waals surface area contributed by atoms with Crippen LogP contribution < -0.4 is 14.8 Å². The van der Waals surface area contributed by atoms with Gasteiger partial charge in [0.1, 0.15) is 17.5 Å². The Hall–Kier alpha value is -3.04. The second-order valence-electron chi connectivity index (χ2n) is 4.83. The molecule has 0 aliphatic rings. The molecule has 0 fully saturated rings. The van der Waals surface area contributed by atoms with Crippen LogP contribution in [-0.2, 0) is 4.79 Å². The predicted octanol–water partition coefficient (Wildman–Crippen LogP) is 4.04. The van der Waals surface area contributed by atoms with Crippen molar-refractivity contribution in [2.45, 2.75) is 0 Å².